The molecule has 2 aromatic rings. The second-order valence-electron chi connectivity index (χ2n) is 5.03. The average Bonchev–Trinajstić information content (AvgIpc) is 2.32. The molecule has 1 N–H and O–H groups in total. The van der Waals surface area contributed by atoms with Crippen LogP contribution in [0, 0.1) is 19.7 Å². The van der Waals surface area contributed by atoms with Gasteiger partial charge in [0.2, 0.25) is 0 Å². The molecular formula is C16H16Cl2FN. The number of nitrogens with one attached hydrogen (secondary N) is 1. The SMILES string of the molecule is Cc1cc(C)cc(C(C)Nc2c(Cl)cc(F)cc2Cl)c1. The van der Waals surface area contributed by atoms with E-state index in [2.05, 4.69) is 37.4 Å². The first-order chi connectivity index (χ1) is 9.36. The van der Waals surface area contributed by atoms with Gasteiger partial charge in [0.25, 0.3) is 0 Å². The molecule has 2 rings (SSSR count). The monoisotopic (exact) mass is 311 g/mol. The second-order valence-corrected chi connectivity index (χ2v) is 5.85. The van der Waals surface area contributed by atoms with Gasteiger partial charge >= 0.3 is 0 Å². The first-order valence-electron chi connectivity index (χ1n) is 6.36. The fraction of sp³-hybridized carbons (Fsp3) is 0.250. The van der Waals surface area contributed by atoms with Gasteiger partial charge in [0.1, 0.15) is 5.82 Å². The molecule has 0 saturated carbocycles. The summed E-state index contributed by atoms with van der Waals surface area (Å²) < 4.78 is 13.2. The molecule has 2 aromatic carbocycles. The van der Waals surface area contributed by atoms with Gasteiger partial charge in [0.05, 0.1) is 15.7 Å². The Kier molecular flexibility index (Phi) is 4.56. The molecule has 0 aliphatic carbocycles. The number of halogens is 3. The molecule has 0 radical (unpaired) electrons. The summed E-state index contributed by atoms with van der Waals surface area (Å²) in [4.78, 5) is 0. The van der Waals surface area contributed by atoms with E-state index in [1.807, 2.05) is 6.92 Å². The highest BCUT2D eigenvalue weighted by atomic mass is 35.5. The van der Waals surface area contributed by atoms with Gasteiger partial charge < -0.3 is 5.32 Å². The van der Waals surface area contributed by atoms with Gasteiger partial charge in [0.15, 0.2) is 0 Å². The summed E-state index contributed by atoms with van der Waals surface area (Å²) in [5.74, 6) is -0.440. The van der Waals surface area contributed by atoms with E-state index in [-0.39, 0.29) is 16.1 Å². The van der Waals surface area contributed by atoms with Crippen molar-refractivity contribution in [1.29, 1.82) is 0 Å². The Hall–Kier alpha value is -1.25. The number of benzene rings is 2. The summed E-state index contributed by atoms with van der Waals surface area (Å²) >= 11 is 12.1. The summed E-state index contributed by atoms with van der Waals surface area (Å²) in [7, 11) is 0. The number of hydrogen-bond acceptors (Lipinski definition) is 1. The van der Waals surface area contributed by atoms with E-state index in [1.54, 1.807) is 0 Å². The van der Waals surface area contributed by atoms with Crippen molar-refractivity contribution < 1.29 is 4.39 Å². The van der Waals surface area contributed by atoms with Crippen molar-refractivity contribution in [2.75, 3.05) is 5.32 Å². The van der Waals surface area contributed by atoms with Crippen LogP contribution in [0.15, 0.2) is 30.3 Å². The Bertz CT molecular complexity index is 597. The third-order valence-corrected chi connectivity index (χ3v) is 3.71. The zero-order valence-electron chi connectivity index (χ0n) is 11.6. The largest absolute Gasteiger partial charge is 0.376 e. The lowest BCUT2D eigenvalue weighted by molar-refractivity contribution is 0.628. The highest BCUT2D eigenvalue weighted by Crippen LogP contribution is 2.34. The topological polar surface area (TPSA) is 12.0 Å². The molecule has 0 bridgehead atoms. The van der Waals surface area contributed by atoms with Gasteiger partial charge in [-0.15, -0.1) is 0 Å². The minimum absolute atomic E-state index is 0.0223. The van der Waals surface area contributed by atoms with Crippen LogP contribution in [0.2, 0.25) is 10.0 Å². The Morgan fingerprint density at radius 1 is 0.950 bits per heavy atom. The molecule has 0 saturated heterocycles. The summed E-state index contributed by atoms with van der Waals surface area (Å²) in [6.07, 6.45) is 0. The Labute approximate surface area is 128 Å². The average molecular weight is 312 g/mol. The van der Waals surface area contributed by atoms with Gasteiger partial charge in [-0.1, -0.05) is 52.5 Å². The van der Waals surface area contributed by atoms with Crippen molar-refractivity contribution in [3.05, 3.63) is 62.9 Å². The molecule has 1 nitrogen and oxygen atoms in total. The third-order valence-electron chi connectivity index (χ3n) is 3.11. The normalized spacial score (nSPS) is 12.3. The third kappa shape index (κ3) is 3.44. The quantitative estimate of drug-likeness (QED) is 0.741. The summed E-state index contributed by atoms with van der Waals surface area (Å²) in [6, 6.07) is 8.86. The minimum Gasteiger partial charge on any atom is -0.376 e. The van der Waals surface area contributed by atoms with Crippen molar-refractivity contribution in [3.8, 4) is 0 Å². The summed E-state index contributed by atoms with van der Waals surface area (Å²) in [5, 5.41) is 3.81. The molecule has 20 heavy (non-hydrogen) atoms. The maximum absolute atomic E-state index is 13.2. The molecule has 0 aromatic heterocycles. The van der Waals surface area contributed by atoms with Crippen LogP contribution in [0.5, 0.6) is 0 Å². The van der Waals surface area contributed by atoms with E-state index >= 15 is 0 Å². The predicted octanol–water partition coefficient (Wildman–Crippen LogP) is 5.92. The van der Waals surface area contributed by atoms with Crippen LogP contribution >= 0.6 is 23.2 Å². The van der Waals surface area contributed by atoms with E-state index in [4.69, 9.17) is 23.2 Å². The molecule has 106 valence electrons. The molecule has 0 fully saturated rings. The van der Waals surface area contributed by atoms with Crippen LogP contribution < -0.4 is 5.32 Å². The lowest BCUT2D eigenvalue weighted by Gasteiger charge is -2.19. The predicted molar refractivity (Wildman–Crippen MR) is 84.4 cm³/mol. The standard InChI is InChI=1S/C16H16Cl2FN/c1-9-4-10(2)6-12(5-9)11(3)20-16-14(17)7-13(19)8-15(16)18/h4-8,11,20H,1-3H3. The van der Waals surface area contributed by atoms with Crippen molar-refractivity contribution in [1.82, 2.24) is 0 Å². The molecule has 0 aliphatic rings. The summed E-state index contributed by atoms with van der Waals surface area (Å²) in [5.41, 5.74) is 4.09. The van der Waals surface area contributed by atoms with E-state index in [9.17, 15) is 4.39 Å². The molecule has 0 aliphatic heterocycles. The van der Waals surface area contributed by atoms with Crippen LogP contribution in [0.1, 0.15) is 29.7 Å². The van der Waals surface area contributed by atoms with E-state index < -0.39 is 5.82 Å². The summed E-state index contributed by atoms with van der Waals surface area (Å²) in [6.45, 7) is 6.13. The van der Waals surface area contributed by atoms with Gasteiger partial charge in [-0.3, -0.25) is 0 Å². The zero-order valence-corrected chi connectivity index (χ0v) is 13.1. The van der Waals surface area contributed by atoms with Gasteiger partial charge in [-0.25, -0.2) is 4.39 Å². The first kappa shape index (κ1) is 15.1. The fourth-order valence-corrected chi connectivity index (χ4v) is 2.81. The van der Waals surface area contributed by atoms with Gasteiger partial charge in [-0.2, -0.15) is 0 Å². The Balaban J connectivity index is 2.30. The molecule has 0 spiro atoms. The van der Waals surface area contributed by atoms with Crippen LogP contribution in [0.4, 0.5) is 10.1 Å². The van der Waals surface area contributed by atoms with E-state index in [0.29, 0.717) is 5.69 Å². The van der Waals surface area contributed by atoms with Gasteiger partial charge in [0, 0.05) is 6.04 Å². The van der Waals surface area contributed by atoms with Gasteiger partial charge in [-0.05, 0) is 38.5 Å². The molecule has 1 atom stereocenters. The number of anilines is 1. The Morgan fingerprint density at radius 3 is 1.95 bits per heavy atom. The first-order valence-corrected chi connectivity index (χ1v) is 7.11. The lowest BCUT2D eigenvalue weighted by Crippen LogP contribution is -2.08. The maximum atomic E-state index is 13.2. The minimum atomic E-state index is -0.440. The highest BCUT2D eigenvalue weighted by molar-refractivity contribution is 6.39. The van der Waals surface area contributed by atoms with E-state index in [1.165, 1.54) is 23.3 Å². The molecule has 0 heterocycles. The molecular weight excluding hydrogens is 296 g/mol. The maximum Gasteiger partial charge on any atom is 0.126 e. The smallest absolute Gasteiger partial charge is 0.126 e. The van der Waals surface area contributed by atoms with Crippen molar-refractivity contribution in [2.24, 2.45) is 0 Å². The van der Waals surface area contributed by atoms with Crippen LogP contribution in [0.3, 0.4) is 0 Å². The van der Waals surface area contributed by atoms with Crippen LogP contribution in [-0.4, -0.2) is 0 Å². The molecule has 0 amide bonds. The van der Waals surface area contributed by atoms with Crippen molar-refractivity contribution in [3.63, 3.8) is 0 Å². The fourth-order valence-electron chi connectivity index (χ4n) is 2.24. The van der Waals surface area contributed by atoms with Crippen molar-refractivity contribution in [2.45, 2.75) is 26.8 Å². The number of rotatable bonds is 3. The van der Waals surface area contributed by atoms with Crippen LogP contribution in [-0.2, 0) is 0 Å². The lowest BCUT2D eigenvalue weighted by atomic mass is 10.0. The number of hydrogen-bond donors (Lipinski definition) is 1. The zero-order chi connectivity index (χ0) is 14.9. The van der Waals surface area contributed by atoms with E-state index in [0.717, 1.165) is 5.56 Å². The van der Waals surface area contributed by atoms with Crippen molar-refractivity contribution >= 4 is 28.9 Å². The Morgan fingerprint density at radius 2 is 1.45 bits per heavy atom. The number of aryl methyl sites for hydroxylation is 2. The second kappa shape index (κ2) is 6.02. The highest BCUT2D eigenvalue weighted by Gasteiger charge is 2.13. The molecule has 1 unspecified atom stereocenters. The van der Waals surface area contributed by atoms with Crippen LogP contribution in [0.25, 0.3) is 0 Å². The molecule has 4 heteroatoms.